The molecule has 2 N–H and O–H groups in total. The van der Waals surface area contributed by atoms with Gasteiger partial charge in [-0.05, 0) is 31.2 Å². The second-order valence-electron chi connectivity index (χ2n) is 4.43. The first-order valence-electron chi connectivity index (χ1n) is 6.35. The first-order chi connectivity index (χ1) is 10.0. The summed E-state index contributed by atoms with van der Waals surface area (Å²) in [5.74, 6) is 0.123. The number of aromatic nitrogens is 1. The number of hydrogen-bond donors (Lipinski definition) is 2. The second kappa shape index (κ2) is 6.21. The summed E-state index contributed by atoms with van der Waals surface area (Å²) in [5.41, 5.74) is 1.58. The van der Waals surface area contributed by atoms with Crippen LogP contribution in [0.4, 0.5) is 15.9 Å². The number of pyridine rings is 1. The van der Waals surface area contributed by atoms with Crippen molar-refractivity contribution in [3.8, 4) is 5.75 Å². The highest BCUT2D eigenvalue weighted by Gasteiger charge is 2.12. The molecule has 0 fully saturated rings. The SMILES string of the molecule is CNc1cc(C(=O)Nc2ccc(F)cc2OC)cc(C)n1. The number of halogens is 1. The van der Waals surface area contributed by atoms with E-state index in [1.54, 1.807) is 26.1 Å². The number of rotatable bonds is 4. The molecule has 0 saturated heterocycles. The van der Waals surface area contributed by atoms with E-state index in [1.165, 1.54) is 25.3 Å². The van der Waals surface area contributed by atoms with Gasteiger partial charge in [-0.15, -0.1) is 0 Å². The van der Waals surface area contributed by atoms with Gasteiger partial charge in [-0.25, -0.2) is 9.37 Å². The Balaban J connectivity index is 2.28. The van der Waals surface area contributed by atoms with Gasteiger partial charge in [-0.1, -0.05) is 0 Å². The second-order valence-corrected chi connectivity index (χ2v) is 4.43. The largest absolute Gasteiger partial charge is 0.494 e. The number of nitrogens with zero attached hydrogens (tertiary/aromatic N) is 1. The average Bonchev–Trinajstić information content (AvgIpc) is 2.48. The number of carbonyl (C=O) groups is 1. The fraction of sp³-hybridized carbons (Fsp3) is 0.200. The van der Waals surface area contributed by atoms with Gasteiger partial charge in [0, 0.05) is 24.4 Å². The highest BCUT2D eigenvalue weighted by Crippen LogP contribution is 2.25. The molecule has 0 aliphatic carbocycles. The maximum absolute atomic E-state index is 13.1. The predicted molar refractivity (Wildman–Crippen MR) is 79.4 cm³/mol. The fourth-order valence-corrected chi connectivity index (χ4v) is 1.89. The smallest absolute Gasteiger partial charge is 0.255 e. The summed E-state index contributed by atoms with van der Waals surface area (Å²) in [6, 6.07) is 7.24. The fourth-order valence-electron chi connectivity index (χ4n) is 1.89. The molecule has 0 saturated carbocycles. The van der Waals surface area contributed by atoms with Crippen LogP contribution >= 0.6 is 0 Å². The molecule has 110 valence electrons. The first-order valence-corrected chi connectivity index (χ1v) is 6.35. The van der Waals surface area contributed by atoms with E-state index in [9.17, 15) is 9.18 Å². The van der Waals surface area contributed by atoms with E-state index < -0.39 is 5.82 Å². The van der Waals surface area contributed by atoms with Gasteiger partial charge in [0.2, 0.25) is 0 Å². The van der Waals surface area contributed by atoms with Crippen molar-refractivity contribution >= 4 is 17.4 Å². The Bertz CT molecular complexity index is 674. The summed E-state index contributed by atoms with van der Waals surface area (Å²) in [6.45, 7) is 1.80. The summed E-state index contributed by atoms with van der Waals surface area (Å²) in [4.78, 5) is 16.5. The lowest BCUT2D eigenvalue weighted by Gasteiger charge is -2.11. The number of carbonyl (C=O) groups excluding carboxylic acids is 1. The van der Waals surface area contributed by atoms with Gasteiger partial charge in [-0.2, -0.15) is 0 Å². The molecule has 2 aromatic rings. The molecule has 6 heteroatoms. The van der Waals surface area contributed by atoms with Crippen LogP contribution in [0, 0.1) is 12.7 Å². The lowest BCUT2D eigenvalue weighted by molar-refractivity contribution is 0.102. The highest BCUT2D eigenvalue weighted by molar-refractivity contribution is 6.05. The third-order valence-electron chi connectivity index (χ3n) is 2.88. The van der Waals surface area contributed by atoms with Crippen molar-refractivity contribution in [3.63, 3.8) is 0 Å². The Hall–Kier alpha value is -2.63. The molecule has 1 aromatic heterocycles. The van der Waals surface area contributed by atoms with Crippen LogP contribution in [0.5, 0.6) is 5.75 Å². The maximum Gasteiger partial charge on any atom is 0.255 e. The Morgan fingerprint density at radius 1 is 1.29 bits per heavy atom. The number of anilines is 2. The van der Waals surface area contributed by atoms with Gasteiger partial charge in [0.25, 0.3) is 5.91 Å². The lowest BCUT2D eigenvalue weighted by Crippen LogP contribution is -2.14. The third-order valence-corrected chi connectivity index (χ3v) is 2.88. The first kappa shape index (κ1) is 14.8. The molecular weight excluding hydrogens is 273 g/mol. The van der Waals surface area contributed by atoms with E-state index in [2.05, 4.69) is 15.6 Å². The lowest BCUT2D eigenvalue weighted by atomic mass is 10.2. The van der Waals surface area contributed by atoms with E-state index in [-0.39, 0.29) is 11.7 Å². The van der Waals surface area contributed by atoms with Crippen LogP contribution in [-0.4, -0.2) is 25.0 Å². The van der Waals surface area contributed by atoms with E-state index in [0.29, 0.717) is 17.1 Å². The van der Waals surface area contributed by atoms with Crippen LogP contribution in [0.1, 0.15) is 16.1 Å². The van der Waals surface area contributed by atoms with Gasteiger partial charge in [0.05, 0.1) is 12.8 Å². The molecule has 2 rings (SSSR count). The zero-order valence-corrected chi connectivity index (χ0v) is 12.0. The number of benzene rings is 1. The summed E-state index contributed by atoms with van der Waals surface area (Å²) in [7, 11) is 3.15. The molecule has 21 heavy (non-hydrogen) atoms. The van der Waals surface area contributed by atoms with Gasteiger partial charge >= 0.3 is 0 Å². The summed E-state index contributed by atoms with van der Waals surface area (Å²) in [6.07, 6.45) is 0. The van der Waals surface area contributed by atoms with Crippen molar-refractivity contribution in [1.29, 1.82) is 0 Å². The molecule has 1 aromatic carbocycles. The molecule has 1 amide bonds. The molecule has 0 bridgehead atoms. The molecule has 1 heterocycles. The Morgan fingerprint density at radius 3 is 2.71 bits per heavy atom. The van der Waals surface area contributed by atoms with E-state index in [4.69, 9.17) is 4.74 Å². The summed E-state index contributed by atoms with van der Waals surface area (Å²) >= 11 is 0. The topological polar surface area (TPSA) is 63.2 Å². The van der Waals surface area contributed by atoms with Crippen LogP contribution in [0.25, 0.3) is 0 Å². The van der Waals surface area contributed by atoms with Crippen molar-refractivity contribution in [3.05, 3.63) is 47.4 Å². The van der Waals surface area contributed by atoms with Gasteiger partial charge in [0.15, 0.2) is 0 Å². The molecule has 0 radical (unpaired) electrons. The van der Waals surface area contributed by atoms with E-state index >= 15 is 0 Å². The Kier molecular flexibility index (Phi) is 4.37. The van der Waals surface area contributed by atoms with E-state index in [1.807, 2.05) is 0 Å². The molecular formula is C15H16FN3O2. The maximum atomic E-state index is 13.1. The van der Waals surface area contributed by atoms with Crippen LogP contribution in [0.3, 0.4) is 0 Å². The van der Waals surface area contributed by atoms with Crippen LogP contribution < -0.4 is 15.4 Å². The van der Waals surface area contributed by atoms with Crippen molar-refractivity contribution in [2.75, 3.05) is 24.8 Å². The summed E-state index contributed by atoms with van der Waals surface area (Å²) < 4.78 is 18.2. The normalized spacial score (nSPS) is 10.1. The van der Waals surface area contributed by atoms with Gasteiger partial charge in [0.1, 0.15) is 17.4 Å². The zero-order valence-electron chi connectivity index (χ0n) is 12.0. The number of aryl methyl sites for hydroxylation is 1. The molecule has 0 spiro atoms. The standard InChI is InChI=1S/C15H16FN3O2/c1-9-6-10(7-14(17-2)18-9)15(20)19-12-5-4-11(16)8-13(12)21-3/h4-8H,1-3H3,(H,17,18)(H,19,20). The summed E-state index contributed by atoms with van der Waals surface area (Å²) in [5, 5.41) is 5.59. The molecule has 0 aliphatic heterocycles. The minimum absolute atomic E-state index is 0.267. The minimum atomic E-state index is -0.429. The van der Waals surface area contributed by atoms with Crippen molar-refractivity contribution in [2.45, 2.75) is 6.92 Å². The van der Waals surface area contributed by atoms with Crippen LogP contribution in [-0.2, 0) is 0 Å². The minimum Gasteiger partial charge on any atom is -0.494 e. The number of nitrogens with one attached hydrogen (secondary N) is 2. The number of hydrogen-bond acceptors (Lipinski definition) is 4. The van der Waals surface area contributed by atoms with Crippen molar-refractivity contribution in [1.82, 2.24) is 4.98 Å². The van der Waals surface area contributed by atoms with E-state index in [0.717, 1.165) is 5.69 Å². The molecule has 5 nitrogen and oxygen atoms in total. The van der Waals surface area contributed by atoms with Gasteiger partial charge in [-0.3, -0.25) is 4.79 Å². The highest BCUT2D eigenvalue weighted by atomic mass is 19.1. The number of methoxy groups -OCH3 is 1. The van der Waals surface area contributed by atoms with Gasteiger partial charge < -0.3 is 15.4 Å². The Morgan fingerprint density at radius 2 is 2.05 bits per heavy atom. The monoisotopic (exact) mass is 289 g/mol. The number of amides is 1. The van der Waals surface area contributed by atoms with Crippen LogP contribution in [0.15, 0.2) is 30.3 Å². The molecule has 0 unspecified atom stereocenters. The average molecular weight is 289 g/mol. The molecule has 0 atom stereocenters. The quantitative estimate of drug-likeness (QED) is 0.908. The molecule has 0 aliphatic rings. The third kappa shape index (κ3) is 3.47. The van der Waals surface area contributed by atoms with Crippen LogP contribution in [0.2, 0.25) is 0 Å². The van der Waals surface area contributed by atoms with Crippen molar-refractivity contribution < 1.29 is 13.9 Å². The Labute approximate surface area is 122 Å². The number of ether oxygens (including phenoxy) is 1. The predicted octanol–water partition coefficient (Wildman–Crippen LogP) is 2.83. The van der Waals surface area contributed by atoms with Crippen molar-refractivity contribution in [2.24, 2.45) is 0 Å². The zero-order chi connectivity index (χ0) is 15.4.